The van der Waals surface area contributed by atoms with Gasteiger partial charge in [0.2, 0.25) is 0 Å². The number of benzene rings is 1. The number of ether oxygens (including phenoxy) is 4. The molecule has 0 unspecified atom stereocenters. The zero-order valence-electron chi connectivity index (χ0n) is 16.8. The molecule has 0 aliphatic carbocycles. The first kappa shape index (κ1) is 21.9. The van der Waals surface area contributed by atoms with Gasteiger partial charge in [-0.25, -0.2) is 14.0 Å². The Kier molecular flexibility index (Phi) is 6.98. The second kappa shape index (κ2) is 9.22. The fourth-order valence-electron chi connectivity index (χ4n) is 3.08. The lowest BCUT2D eigenvalue weighted by atomic mass is 9.85. The van der Waals surface area contributed by atoms with Crippen LogP contribution in [-0.4, -0.2) is 39.2 Å². The van der Waals surface area contributed by atoms with Crippen LogP contribution in [0.3, 0.4) is 0 Å². The number of esters is 3. The Labute approximate surface area is 167 Å². The summed E-state index contributed by atoms with van der Waals surface area (Å²) in [5, 5.41) is 2.87. The average Bonchev–Trinajstić information content (AvgIpc) is 2.70. The summed E-state index contributed by atoms with van der Waals surface area (Å²) in [5.41, 5.74) is 0.819. The van der Waals surface area contributed by atoms with E-state index in [9.17, 15) is 18.8 Å². The van der Waals surface area contributed by atoms with Crippen LogP contribution >= 0.6 is 0 Å². The van der Waals surface area contributed by atoms with E-state index < -0.39 is 29.6 Å². The number of halogens is 1. The van der Waals surface area contributed by atoms with Crippen LogP contribution in [0.1, 0.15) is 19.4 Å². The van der Waals surface area contributed by atoms with Crippen molar-refractivity contribution in [2.45, 2.75) is 20.5 Å². The van der Waals surface area contributed by atoms with Crippen LogP contribution in [0.15, 0.2) is 40.7 Å². The van der Waals surface area contributed by atoms with Crippen molar-refractivity contribution in [1.29, 1.82) is 0 Å². The molecule has 0 bridgehead atoms. The van der Waals surface area contributed by atoms with Gasteiger partial charge in [-0.05, 0) is 32.0 Å². The zero-order chi connectivity index (χ0) is 21.7. The average molecular weight is 407 g/mol. The molecule has 0 amide bonds. The van der Waals surface area contributed by atoms with Crippen LogP contribution in [0.5, 0.6) is 5.75 Å². The number of dihydropyridines is 1. The second-order valence-electron chi connectivity index (χ2n) is 6.18. The number of hydrogen-bond donors (Lipinski definition) is 1. The third kappa shape index (κ3) is 4.56. The number of carbonyl (C=O) groups excluding carboxylic acids is 3. The van der Waals surface area contributed by atoms with Crippen LogP contribution in [0.25, 0.3) is 0 Å². The van der Waals surface area contributed by atoms with E-state index in [1.807, 2.05) is 0 Å². The lowest BCUT2D eigenvalue weighted by Crippen LogP contribution is -2.37. The topological polar surface area (TPSA) is 100 Å². The van der Waals surface area contributed by atoms with E-state index in [0.29, 0.717) is 17.1 Å². The Morgan fingerprint density at radius 2 is 1.55 bits per heavy atom. The standard InChI is InChI=1S/C20H22FNO7/c1-10-15(18(23)27-4)17(16(11(2)22-10)19(24)28-5)20(25)29-9-12-8-13(21)6-7-14(12)26-3/h6-8,17,22H,9H2,1-5H3. The van der Waals surface area contributed by atoms with Gasteiger partial charge < -0.3 is 24.3 Å². The van der Waals surface area contributed by atoms with Crippen molar-refractivity contribution in [3.63, 3.8) is 0 Å². The fourth-order valence-corrected chi connectivity index (χ4v) is 3.08. The molecule has 1 aromatic carbocycles. The smallest absolute Gasteiger partial charge is 0.336 e. The molecule has 1 N–H and O–H groups in total. The normalized spacial score (nSPS) is 14.3. The van der Waals surface area contributed by atoms with Crippen LogP contribution in [0.2, 0.25) is 0 Å². The summed E-state index contributed by atoms with van der Waals surface area (Å²) in [4.78, 5) is 37.5. The van der Waals surface area contributed by atoms with Crippen molar-refractivity contribution < 1.29 is 37.7 Å². The van der Waals surface area contributed by atoms with Gasteiger partial charge in [0.1, 0.15) is 24.1 Å². The lowest BCUT2D eigenvalue weighted by Gasteiger charge is -2.28. The second-order valence-corrected chi connectivity index (χ2v) is 6.18. The van der Waals surface area contributed by atoms with Crippen LogP contribution < -0.4 is 10.1 Å². The molecule has 0 aromatic heterocycles. The van der Waals surface area contributed by atoms with Crippen molar-refractivity contribution >= 4 is 17.9 Å². The van der Waals surface area contributed by atoms with Gasteiger partial charge in [-0.2, -0.15) is 0 Å². The fraction of sp³-hybridized carbons (Fsp3) is 0.350. The van der Waals surface area contributed by atoms with Gasteiger partial charge in [-0.1, -0.05) is 0 Å². The van der Waals surface area contributed by atoms with Gasteiger partial charge in [0.15, 0.2) is 0 Å². The predicted molar refractivity (Wildman–Crippen MR) is 98.8 cm³/mol. The molecule has 1 aliphatic rings. The molecule has 0 spiro atoms. The molecule has 1 aliphatic heterocycles. The Morgan fingerprint density at radius 3 is 2.03 bits per heavy atom. The highest BCUT2D eigenvalue weighted by atomic mass is 19.1. The summed E-state index contributed by atoms with van der Waals surface area (Å²) in [7, 11) is 3.71. The van der Waals surface area contributed by atoms with E-state index in [4.69, 9.17) is 18.9 Å². The molecule has 1 heterocycles. The van der Waals surface area contributed by atoms with E-state index in [1.165, 1.54) is 25.3 Å². The van der Waals surface area contributed by atoms with Crippen LogP contribution in [0.4, 0.5) is 4.39 Å². The monoisotopic (exact) mass is 407 g/mol. The first-order valence-electron chi connectivity index (χ1n) is 8.59. The number of methoxy groups -OCH3 is 3. The van der Waals surface area contributed by atoms with Gasteiger partial charge in [-0.15, -0.1) is 0 Å². The quantitative estimate of drug-likeness (QED) is 0.565. The molecule has 0 fully saturated rings. The molecule has 1 aromatic rings. The zero-order valence-corrected chi connectivity index (χ0v) is 16.8. The third-order valence-electron chi connectivity index (χ3n) is 4.42. The predicted octanol–water partition coefficient (Wildman–Crippen LogP) is 1.99. The highest BCUT2D eigenvalue weighted by Crippen LogP contribution is 2.33. The number of carbonyl (C=O) groups is 3. The van der Waals surface area contributed by atoms with Gasteiger partial charge in [0, 0.05) is 17.0 Å². The highest BCUT2D eigenvalue weighted by molar-refractivity contribution is 6.05. The summed E-state index contributed by atoms with van der Waals surface area (Å²) in [5.74, 6) is -4.06. The maximum atomic E-state index is 13.6. The Balaban J connectivity index is 2.41. The first-order chi connectivity index (χ1) is 13.7. The van der Waals surface area contributed by atoms with Gasteiger partial charge in [-0.3, -0.25) is 4.79 Å². The lowest BCUT2D eigenvalue weighted by molar-refractivity contribution is -0.152. The Morgan fingerprint density at radius 1 is 1.00 bits per heavy atom. The van der Waals surface area contributed by atoms with E-state index in [-0.39, 0.29) is 23.3 Å². The van der Waals surface area contributed by atoms with Gasteiger partial charge >= 0.3 is 17.9 Å². The SMILES string of the molecule is COC(=O)C1=C(C)NC(C)=C(C(=O)OC)C1C(=O)OCc1cc(F)ccc1OC. The first-order valence-corrected chi connectivity index (χ1v) is 8.59. The highest BCUT2D eigenvalue weighted by Gasteiger charge is 2.42. The van der Waals surface area contributed by atoms with E-state index in [1.54, 1.807) is 13.8 Å². The molecular weight excluding hydrogens is 385 g/mol. The number of nitrogens with one attached hydrogen (secondary N) is 1. The molecule has 0 saturated carbocycles. The minimum Gasteiger partial charge on any atom is -0.496 e. The molecule has 29 heavy (non-hydrogen) atoms. The van der Waals surface area contributed by atoms with Crippen LogP contribution in [0, 0.1) is 11.7 Å². The maximum absolute atomic E-state index is 13.6. The van der Waals surface area contributed by atoms with E-state index >= 15 is 0 Å². The maximum Gasteiger partial charge on any atom is 0.336 e. The Hall–Kier alpha value is -3.36. The largest absolute Gasteiger partial charge is 0.496 e. The Bertz CT molecular complexity index is 866. The molecule has 0 atom stereocenters. The van der Waals surface area contributed by atoms with Crippen molar-refractivity contribution in [1.82, 2.24) is 5.32 Å². The van der Waals surface area contributed by atoms with Crippen molar-refractivity contribution in [2.24, 2.45) is 5.92 Å². The number of rotatable bonds is 6. The van der Waals surface area contributed by atoms with Crippen LogP contribution in [-0.2, 0) is 35.2 Å². The third-order valence-corrected chi connectivity index (χ3v) is 4.42. The van der Waals surface area contributed by atoms with Gasteiger partial charge in [0.05, 0.1) is 32.5 Å². The summed E-state index contributed by atoms with van der Waals surface area (Å²) in [6, 6.07) is 3.77. The number of allylic oxidation sites excluding steroid dienone is 2. The van der Waals surface area contributed by atoms with Crippen molar-refractivity contribution in [2.75, 3.05) is 21.3 Å². The summed E-state index contributed by atoms with van der Waals surface area (Å²) in [6.45, 7) is 2.81. The molecule has 0 radical (unpaired) electrons. The minimum atomic E-state index is -1.37. The summed E-state index contributed by atoms with van der Waals surface area (Å²) < 4.78 is 33.5. The molecular formula is C20H22FNO7. The van der Waals surface area contributed by atoms with Gasteiger partial charge in [0.25, 0.3) is 0 Å². The molecule has 9 heteroatoms. The molecule has 156 valence electrons. The summed E-state index contributed by atoms with van der Waals surface area (Å²) >= 11 is 0. The van der Waals surface area contributed by atoms with E-state index in [0.717, 1.165) is 14.2 Å². The summed E-state index contributed by atoms with van der Waals surface area (Å²) in [6.07, 6.45) is 0. The minimum absolute atomic E-state index is 0.0743. The molecule has 8 nitrogen and oxygen atoms in total. The van der Waals surface area contributed by atoms with Crippen molar-refractivity contribution in [3.8, 4) is 5.75 Å². The van der Waals surface area contributed by atoms with Crippen molar-refractivity contribution in [3.05, 3.63) is 52.1 Å². The molecule has 2 rings (SSSR count). The van der Waals surface area contributed by atoms with E-state index in [2.05, 4.69) is 5.32 Å². The molecule has 0 saturated heterocycles. The number of hydrogen-bond acceptors (Lipinski definition) is 8.